The maximum atomic E-state index is 13.6. The molecule has 0 saturated carbocycles. The van der Waals surface area contributed by atoms with Crippen molar-refractivity contribution in [1.82, 2.24) is 23.7 Å². The number of aliphatic hydroxyl groups excluding tert-OH is 1. The molecule has 12 nitrogen and oxygen atoms in total. The predicted molar refractivity (Wildman–Crippen MR) is 146 cm³/mol. The number of nitrogens with zero attached hydrogens (tertiary/aromatic N) is 4. The molecule has 0 aliphatic carbocycles. The maximum absolute atomic E-state index is 13.6. The lowest BCUT2D eigenvalue weighted by Crippen LogP contribution is -2.50. The number of hydrogen-bond donors (Lipinski definition) is 2. The second-order valence-corrected chi connectivity index (χ2v) is 12.2. The molecular weight excluding hydrogens is 614 g/mol. The van der Waals surface area contributed by atoms with E-state index in [0.717, 1.165) is 50.0 Å². The highest BCUT2D eigenvalue weighted by Crippen LogP contribution is 2.31. The molecule has 4 heterocycles. The average Bonchev–Trinajstić information content (AvgIpc) is 3.56. The first-order valence-electron chi connectivity index (χ1n) is 13.2. The second-order valence-electron chi connectivity index (χ2n) is 10.4. The molecule has 2 atom stereocenters. The largest absolute Gasteiger partial charge is 0.443 e. The Balaban J connectivity index is 1.43. The summed E-state index contributed by atoms with van der Waals surface area (Å²) in [6.45, 7) is 2.27. The van der Waals surface area contributed by atoms with E-state index in [1.165, 1.54) is 19.9 Å². The fourth-order valence-electron chi connectivity index (χ4n) is 4.90. The summed E-state index contributed by atoms with van der Waals surface area (Å²) in [5.41, 5.74) is -2.83. The molecule has 1 aromatic carbocycles. The number of aliphatic hydroxyl groups is 1. The zero-order valence-corrected chi connectivity index (χ0v) is 23.9. The second kappa shape index (κ2) is 11.3. The number of carbonyl (C=O) groups excluding carboxylic acids is 1. The summed E-state index contributed by atoms with van der Waals surface area (Å²) in [5.74, 6) is -1.81. The van der Waals surface area contributed by atoms with Crippen LogP contribution in [0, 0.1) is 5.82 Å². The van der Waals surface area contributed by atoms with Crippen molar-refractivity contribution in [3.8, 4) is 5.82 Å². The molecular formula is C27H25F4N5O7S. The van der Waals surface area contributed by atoms with Crippen molar-refractivity contribution in [1.29, 1.82) is 0 Å². The monoisotopic (exact) mass is 639 g/mol. The van der Waals surface area contributed by atoms with Gasteiger partial charge in [0.2, 0.25) is 11.0 Å². The highest BCUT2D eigenvalue weighted by Gasteiger charge is 2.46. The number of amides is 1. The number of alkyl halides is 3. The molecule has 1 saturated heterocycles. The van der Waals surface area contributed by atoms with E-state index in [-0.39, 0.29) is 35.3 Å². The van der Waals surface area contributed by atoms with Crippen molar-refractivity contribution in [2.45, 2.75) is 56.3 Å². The topological polar surface area (TPSA) is 157 Å². The van der Waals surface area contributed by atoms with Crippen molar-refractivity contribution < 1.29 is 40.3 Å². The molecule has 3 aromatic heterocycles. The Labute approximate surface area is 246 Å². The van der Waals surface area contributed by atoms with Gasteiger partial charge in [0.15, 0.2) is 0 Å². The van der Waals surface area contributed by atoms with Gasteiger partial charge in [0.1, 0.15) is 23.3 Å². The zero-order chi connectivity index (χ0) is 32.1. The number of fused-ring (bicyclic) bond motifs is 1. The summed E-state index contributed by atoms with van der Waals surface area (Å²) in [7, 11) is -4.49. The SMILES string of the molecule is CC(C)n1c(=O)c(CNC(=O)[C@@H]2[C@@H](O)CCN2S(=O)(=O)c2cc3cc(F)ccc3o2)cn(-c2ccc(C(F)(F)F)cn2)c1=O. The van der Waals surface area contributed by atoms with E-state index in [4.69, 9.17) is 4.42 Å². The van der Waals surface area contributed by atoms with Crippen LogP contribution < -0.4 is 16.6 Å². The van der Waals surface area contributed by atoms with Gasteiger partial charge in [-0.3, -0.25) is 18.7 Å². The number of halogens is 4. The van der Waals surface area contributed by atoms with Gasteiger partial charge in [-0.25, -0.2) is 22.6 Å². The Bertz CT molecular complexity index is 1970. The van der Waals surface area contributed by atoms with Crippen LogP contribution >= 0.6 is 0 Å². The molecule has 5 rings (SSSR count). The number of pyridine rings is 1. The summed E-state index contributed by atoms with van der Waals surface area (Å²) in [6.07, 6.45) is -4.65. The maximum Gasteiger partial charge on any atom is 0.417 e. The lowest BCUT2D eigenvalue weighted by Gasteiger charge is -2.24. The van der Waals surface area contributed by atoms with Crippen LogP contribution in [0.5, 0.6) is 0 Å². The third kappa shape index (κ3) is 5.65. The lowest BCUT2D eigenvalue weighted by molar-refractivity contribution is -0.137. The van der Waals surface area contributed by atoms with Crippen molar-refractivity contribution in [2.24, 2.45) is 0 Å². The molecule has 0 spiro atoms. The van der Waals surface area contributed by atoms with Gasteiger partial charge in [-0.1, -0.05) is 0 Å². The van der Waals surface area contributed by atoms with Gasteiger partial charge in [0.05, 0.1) is 17.2 Å². The Kier molecular flexibility index (Phi) is 7.98. The van der Waals surface area contributed by atoms with Crippen LogP contribution in [0.3, 0.4) is 0 Å². The summed E-state index contributed by atoms with van der Waals surface area (Å²) in [5, 5.41) is 12.6. The molecule has 17 heteroatoms. The lowest BCUT2D eigenvalue weighted by atomic mass is 10.1. The minimum absolute atomic E-state index is 0.0878. The first kappa shape index (κ1) is 31.1. The minimum atomic E-state index is -4.67. The van der Waals surface area contributed by atoms with Gasteiger partial charge in [-0.2, -0.15) is 17.5 Å². The van der Waals surface area contributed by atoms with Gasteiger partial charge in [0, 0.05) is 43.0 Å². The summed E-state index contributed by atoms with van der Waals surface area (Å²) < 4.78 is 87.2. The Morgan fingerprint density at radius 3 is 2.55 bits per heavy atom. The van der Waals surface area contributed by atoms with Gasteiger partial charge in [-0.05, 0) is 50.6 Å². The molecule has 2 N–H and O–H groups in total. The van der Waals surface area contributed by atoms with Crippen LogP contribution in [-0.2, 0) is 27.5 Å². The normalized spacial score (nSPS) is 17.9. The zero-order valence-electron chi connectivity index (χ0n) is 23.1. The molecule has 0 radical (unpaired) electrons. The molecule has 1 aliphatic heterocycles. The highest BCUT2D eigenvalue weighted by atomic mass is 32.2. The van der Waals surface area contributed by atoms with Crippen LogP contribution in [0.2, 0.25) is 0 Å². The summed E-state index contributed by atoms with van der Waals surface area (Å²) in [4.78, 5) is 43.2. The van der Waals surface area contributed by atoms with Crippen LogP contribution in [0.4, 0.5) is 17.6 Å². The van der Waals surface area contributed by atoms with Crippen molar-refractivity contribution in [2.75, 3.05) is 6.54 Å². The highest BCUT2D eigenvalue weighted by molar-refractivity contribution is 7.89. The average molecular weight is 640 g/mol. The first-order chi connectivity index (χ1) is 20.6. The Morgan fingerprint density at radius 2 is 1.91 bits per heavy atom. The van der Waals surface area contributed by atoms with Gasteiger partial charge < -0.3 is 14.8 Å². The standard InChI is InChI=1S/C27H25F4N5O7S/c1-14(2)36-25(39)16(13-34(26(36)40)21-6-3-17(12-32-21)27(29,30)31)11-33-24(38)23-19(37)7-8-35(23)44(41,42)22-10-15-9-18(28)4-5-20(15)43-22/h3-6,9-10,12-14,19,23,37H,7-8,11H2,1-2H3,(H,33,38)/t19-,23-/m0/s1. The number of nitrogens with one attached hydrogen (secondary N) is 1. The van der Waals surface area contributed by atoms with Crippen LogP contribution in [0.1, 0.15) is 37.4 Å². The molecule has 1 amide bonds. The van der Waals surface area contributed by atoms with Gasteiger partial charge >= 0.3 is 11.9 Å². The Morgan fingerprint density at radius 1 is 1.18 bits per heavy atom. The molecule has 1 aliphatic rings. The number of rotatable bonds is 7. The van der Waals surface area contributed by atoms with Crippen molar-refractivity contribution in [3.05, 3.63) is 86.6 Å². The molecule has 0 unspecified atom stereocenters. The van der Waals surface area contributed by atoms with Crippen molar-refractivity contribution in [3.63, 3.8) is 0 Å². The fourth-order valence-corrected chi connectivity index (χ4v) is 6.49. The third-order valence-electron chi connectivity index (χ3n) is 7.09. The van der Waals surface area contributed by atoms with E-state index < -0.39 is 74.6 Å². The number of sulfonamides is 1. The number of hydrogen-bond acceptors (Lipinski definition) is 8. The molecule has 234 valence electrons. The smallest absolute Gasteiger partial charge is 0.417 e. The van der Waals surface area contributed by atoms with Crippen LogP contribution in [0.25, 0.3) is 16.8 Å². The molecule has 4 aromatic rings. The van der Waals surface area contributed by atoms with E-state index in [1.807, 2.05) is 0 Å². The summed E-state index contributed by atoms with van der Waals surface area (Å²) in [6, 6.07) is 3.85. The van der Waals surface area contributed by atoms with Crippen LogP contribution in [-0.4, -0.2) is 56.5 Å². The van der Waals surface area contributed by atoms with E-state index in [1.54, 1.807) is 0 Å². The van der Waals surface area contributed by atoms with E-state index in [0.29, 0.717) is 6.20 Å². The number of aromatic nitrogens is 3. The molecule has 44 heavy (non-hydrogen) atoms. The van der Waals surface area contributed by atoms with E-state index in [9.17, 15) is 45.5 Å². The minimum Gasteiger partial charge on any atom is -0.443 e. The Hall–Kier alpha value is -4.35. The molecule has 0 bridgehead atoms. The predicted octanol–water partition coefficient (Wildman–Crippen LogP) is 2.32. The van der Waals surface area contributed by atoms with E-state index in [2.05, 4.69) is 10.3 Å². The fraction of sp³-hybridized carbons (Fsp3) is 0.333. The van der Waals surface area contributed by atoms with Crippen molar-refractivity contribution >= 4 is 26.9 Å². The third-order valence-corrected chi connectivity index (χ3v) is 8.83. The quantitative estimate of drug-likeness (QED) is 0.292. The number of benzene rings is 1. The van der Waals surface area contributed by atoms with Crippen LogP contribution in [0.15, 0.2) is 67.9 Å². The molecule has 1 fully saturated rings. The summed E-state index contributed by atoms with van der Waals surface area (Å²) >= 11 is 0. The first-order valence-corrected chi connectivity index (χ1v) is 14.6. The van der Waals surface area contributed by atoms with Gasteiger partial charge in [-0.15, -0.1) is 0 Å². The van der Waals surface area contributed by atoms with E-state index >= 15 is 0 Å². The van der Waals surface area contributed by atoms with Gasteiger partial charge in [0.25, 0.3) is 15.6 Å². The number of furan rings is 1. The number of carbonyl (C=O) groups is 1.